The number of hydrogen-bond acceptors (Lipinski definition) is 2. The fourth-order valence-electron chi connectivity index (χ4n) is 1.45. The zero-order chi connectivity index (χ0) is 10.4. The topological polar surface area (TPSA) is 12.0 Å². The third kappa shape index (κ3) is 4.11. The molecule has 80 valence electrons. The van der Waals surface area contributed by atoms with Crippen molar-refractivity contribution in [3.05, 3.63) is 20.8 Å². The van der Waals surface area contributed by atoms with Gasteiger partial charge in [-0.15, -0.1) is 11.3 Å². The van der Waals surface area contributed by atoms with Crippen molar-refractivity contribution in [1.29, 1.82) is 0 Å². The Kier molecular flexibility index (Phi) is 5.75. The van der Waals surface area contributed by atoms with Gasteiger partial charge in [-0.25, -0.2) is 0 Å². The first-order chi connectivity index (χ1) is 6.76. The average Bonchev–Trinajstić information content (AvgIpc) is 2.58. The van der Waals surface area contributed by atoms with E-state index in [0.29, 0.717) is 0 Å². The van der Waals surface area contributed by atoms with Crippen LogP contribution in [0.2, 0.25) is 0 Å². The maximum Gasteiger partial charge on any atom is 0.0285 e. The highest BCUT2D eigenvalue weighted by molar-refractivity contribution is 9.10. The van der Waals surface area contributed by atoms with Crippen LogP contribution in [0.25, 0.3) is 0 Å². The van der Waals surface area contributed by atoms with E-state index in [4.69, 9.17) is 0 Å². The van der Waals surface area contributed by atoms with Crippen molar-refractivity contribution in [1.82, 2.24) is 5.32 Å². The molecule has 0 aliphatic rings. The second kappa shape index (κ2) is 6.59. The molecule has 0 saturated carbocycles. The summed E-state index contributed by atoms with van der Waals surface area (Å²) in [5.41, 5.74) is 0. The molecule has 0 aliphatic heterocycles. The molecule has 1 rings (SSSR count). The van der Waals surface area contributed by atoms with Crippen LogP contribution < -0.4 is 5.32 Å². The van der Waals surface area contributed by atoms with Crippen molar-refractivity contribution in [2.75, 3.05) is 13.1 Å². The highest BCUT2D eigenvalue weighted by atomic mass is 79.9. The lowest BCUT2D eigenvalue weighted by molar-refractivity contribution is 0.470. The molecule has 1 aromatic rings. The highest BCUT2D eigenvalue weighted by Gasteiger charge is 2.08. The van der Waals surface area contributed by atoms with Gasteiger partial charge in [0.2, 0.25) is 0 Å². The van der Waals surface area contributed by atoms with E-state index in [9.17, 15) is 0 Å². The van der Waals surface area contributed by atoms with Gasteiger partial charge in [0.15, 0.2) is 0 Å². The minimum Gasteiger partial charge on any atom is -0.317 e. The van der Waals surface area contributed by atoms with Gasteiger partial charge in [-0.1, -0.05) is 20.3 Å². The van der Waals surface area contributed by atoms with Gasteiger partial charge in [-0.3, -0.25) is 0 Å². The van der Waals surface area contributed by atoms with E-state index in [1.54, 1.807) is 0 Å². The van der Waals surface area contributed by atoms with E-state index >= 15 is 0 Å². The van der Waals surface area contributed by atoms with Crippen molar-refractivity contribution < 1.29 is 0 Å². The molecule has 1 atom stereocenters. The SMILES string of the molecule is CCNCC(CC)Cc1cc(Br)cs1. The predicted octanol–water partition coefficient (Wildman–Crippen LogP) is 3.69. The lowest BCUT2D eigenvalue weighted by Gasteiger charge is -2.13. The summed E-state index contributed by atoms with van der Waals surface area (Å²) in [4.78, 5) is 1.49. The lowest BCUT2D eigenvalue weighted by Crippen LogP contribution is -2.23. The first-order valence-corrected chi connectivity index (χ1v) is 6.87. The number of thiophene rings is 1. The molecule has 0 spiro atoms. The molecular formula is C11H18BrNS. The maximum atomic E-state index is 3.49. The van der Waals surface area contributed by atoms with Crippen LogP contribution in [0.3, 0.4) is 0 Å². The van der Waals surface area contributed by atoms with E-state index in [1.165, 1.54) is 22.2 Å². The summed E-state index contributed by atoms with van der Waals surface area (Å²) >= 11 is 5.34. The summed E-state index contributed by atoms with van der Waals surface area (Å²) < 4.78 is 1.22. The zero-order valence-electron chi connectivity index (χ0n) is 8.85. The Labute approximate surface area is 99.0 Å². The summed E-state index contributed by atoms with van der Waals surface area (Å²) in [7, 11) is 0. The van der Waals surface area contributed by atoms with Crippen LogP contribution in [0.5, 0.6) is 0 Å². The van der Waals surface area contributed by atoms with Crippen LogP contribution in [0.1, 0.15) is 25.1 Å². The lowest BCUT2D eigenvalue weighted by atomic mass is 10.0. The molecule has 1 heterocycles. The van der Waals surface area contributed by atoms with Crippen LogP contribution in [0.15, 0.2) is 15.9 Å². The Hall–Kier alpha value is 0.140. The molecule has 0 aliphatic carbocycles. The molecule has 0 aromatic carbocycles. The molecule has 0 radical (unpaired) electrons. The summed E-state index contributed by atoms with van der Waals surface area (Å²) in [6, 6.07) is 2.24. The smallest absolute Gasteiger partial charge is 0.0285 e. The fourth-order valence-corrected chi connectivity index (χ4v) is 3.02. The summed E-state index contributed by atoms with van der Waals surface area (Å²) in [6.07, 6.45) is 2.46. The van der Waals surface area contributed by atoms with Crippen molar-refractivity contribution in [3.8, 4) is 0 Å². The molecule has 0 amide bonds. The molecular weight excluding hydrogens is 258 g/mol. The quantitative estimate of drug-likeness (QED) is 0.835. The molecule has 1 nitrogen and oxygen atoms in total. The van der Waals surface area contributed by atoms with Crippen molar-refractivity contribution in [2.45, 2.75) is 26.7 Å². The largest absolute Gasteiger partial charge is 0.317 e. The second-order valence-electron chi connectivity index (χ2n) is 3.52. The minimum absolute atomic E-state index is 0.778. The Balaban J connectivity index is 2.40. The third-order valence-corrected chi connectivity index (χ3v) is 4.09. The highest BCUT2D eigenvalue weighted by Crippen LogP contribution is 2.23. The number of rotatable bonds is 6. The van der Waals surface area contributed by atoms with Crippen LogP contribution >= 0.6 is 27.3 Å². The fraction of sp³-hybridized carbons (Fsp3) is 0.636. The van der Waals surface area contributed by atoms with Crippen molar-refractivity contribution in [3.63, 3.8) is 0 Å². The van der Waals surface area contributed by atoms with E-state index in [0.717, 1.165) is 19.0 Å². The van der Waals surface area contributed by atoms with Crippen molar-refractivity contribution in [2.24, 2.45) is 5.92 Å². The van der Waals surface area contributed by atoms with Gasteiger partial charge in [0.1, 0.15) is 0 Å². The molecule has 1 aromatic heterocycles. The van der Waals surface area contributed by atoms with E-state index < -0.39 is 0 Å². The number of nitrogens with one attached hydrogen (secondary N) is 1. The standard InChI is InChI=1S/C11H18BrNS/c1-3-9(7-13-4-2)5-11-6-10(12)8-14-11/h6,8-9,13H,3-5,7H2,1-2H3. The monoisotopic (exact) mass is 275 g/mol. The molecule has 1 unspecified atom stereocenters. The van der Waals surface area contributed by atoms with Crippen molar-refractivity contribution >= 4 is 27.3 Å². The van der Waals surface area contributed by atoms with Gasteiger partial charge in [-0.05, 0) is 47.4 Å². The molecule has 1 N–H and O–H groups in total. The average molecular weight is 276 g/mol. The number of halogens is 1. The molecule has 0 bridgehead atoms. The first kappa shape index (κ1) is 12.2. The second-order valence-corrected chi connectivity index (χ2v) is 5.43. The van der Waals surface area contributed by atoms with Crippen LogP contribution in [-0.2, 0) is 6.42 Å². The Morgan fingerprint density at radius 3 is 2.79 bits per heavy atom. The van der Waals surface area contributed by atoms with Gasteiger partial charge < -0.3 is 5.32 Å². The van der Waals surface area contributed by atoms with Gasteiger partial charge in [0, 0.05) is 14.7 Å². The molecule has 0 saturated heterocycles. The van der Waals surface area contributed by atoms with Gasteiger partial charge in [0.25, 0.3) is 0 Å². The number of hydrogen-bond donors (Lipinski definition) is 1. The predicted molar refractivity (Wildman–Crippen MR) is 68.0 cm³/mol. The van der Waals surface area contributed by atoms with Gasteiger partial charge in [0.05, 0.1) is 0 Å². The van der Waals surface area contributed by atoms with Gasteiger partial charge in [-0.2, -0.15) is 0 Å². The maximum absolute atomic E-state index is 3.49. The summed E-state index contributed by atoms with van der Waals surface area (Å²) in [5, 5.41) is 5.58. The van der Waals surface area contributed by atoms with Crippen LogP contribution in [0, 0.1) is 5.92 Å². The Morgan fingerprint density at radius 2 is 2.29 bits per heavy atom. The van der Waals surface area contributed by atoms with Crippen LogP contribution in [0.4, 0.5) is 0 Å². The third-order valence-electron chi connectivity index (χ3n) is 2.37. The summed E-state index contributed by atoms with van der Waals surface area (Å²) in [6.45, 7) is 6.65. The molecule has 14 heavy (non-hydrogen) atoms. The normalized spacial score (nSPS) is 13.1. The van der Waals surface area contributed by atoms with E-state index in [1.807, 2.05) is 11.3 Å². The van der Waals surface area contributed by atoms with Gasteiger partial charge >= 0.3 is 0 Å². The Bertz CT molecular complexity index is 260. The Morgan fingerprint density at radius 1 is 1.50 bits per heavy atom. The first-order valence-electron chi connectivity index (χ1n) is 5.19. The van der Waals surface area contributed by atoms with Crippen LogP contribution in [-0.4, -0.2) is 13.1 Å². The summed E-state index contributed by atoms with van der Waals surface area (Å²) in [5.74, 6) is 0.778. The minimum atomic E-state index is 0.778. The van der Waals surface area contributed by atoms with E-state index in [-0.39, 0.29) is 0 Å². The zero-order valence-corrected chi connectivity index (χ0v) is 11.2. The molecule has 0 fully saturated rings. The van der Waals surface area contributed by atoms with E-state index in [2.05, 4.69) is 46.5 Å². The molecule has 3 heteroatoms.